The fraction of sp³-hybridized carbons (Fsp3) is 0.194. The maximum Gasteiger partial charge on any atom is 0.340 e. The fourth-order valence-electron chi connectivity index (χ4n) is 5.02. The number of aryl methyl sites for hydroxylation is 2. The molecular formula is C36H36N2O7S. The summed E-state index contributed by atoms with van der Waals surface area (Å²) in [5.41, 5.74) is 7.67. The molecule has 0 saturated carbocycles. The van der Waals surface area contributed by atoms with Gasteiger partial charge in [-0.05, 0) is 64.0 Å². The van der Waals surface area contributed by atoms with Gasteiger partial charge in [0.2, 0.25) is 0 Å². The van der Waals surface area contributed by atoms with Gasteiger partial charge in [-0.3, -0.25) is 9.55 Å². The van der Waals surface area contributed by atoms with Crippen molar-refractivity contribution < 1.29 is 32.0 Å². The van der Waals surface area contributed by atoms with E-state index in [9.17, 15) is 18.0 Å². The molecule has 1 aliphatic heterocycles. The highest BCUT2D eigenvalue weighted by atomic mass is 32.2. The lowest BCUT2D eigenvalue weighted by Crippen LogP contribution is -2.13. The molecule has 0 atom stereocenters. The lowest BCUT2D eigenvalue weighted by molar-refractivity contribution is -0.137. The van der Waals surface area contributed by atoms with Crippen molar-refractivity contribution in [3.8, 4) is 11.1 Å². The molecule has 4 aromatic rings. The highest BCUT2D eigenvalue weighted by Gasteiger charge is 2.30. The number of aromatic amines is 1. The first-order valence-corrected chi connectivity index (χ1v) is 16.1. The Labute approximate surface area is 269 Å². The molecule has 0 aliphatic carbocycles. The maximum atomic E-state index is 12.9. The van der Waals surface area contributed by atoms with Crippen LogP contribution in [0.25, 0.3) is 22.8 Å². The van der Waals surface area contributed by atoms with Crippen LogP contribution in [0.3, 0.4) is 0 Å². The number of carbonyl (C=O) groups excluding carboxylic acids is 2. The molecule has 3 aromatic carbocycles. The predicted octanol–water partition coefficient (Wildman–Crippen LogP) is 7.24. The van der Waals surface area contributed by atoms with Gasteiger partial charge in [-0.2, -0.15) is 8.42 Å². The van der Waals surface area contributed by atoms with Gasteiger partial charge >= 0.3 is 11.9 Å². The lowest BCUT2D eigenvalue weighted by atomic mass is 9.95. The van der Waals surface area contributed by atoms with Gasteiger partial charge in [0.25, 0.3) is 10.1 Å². The van der Waals surface area contributed by atoms with Crippen LogP contribution in [0, 0.1) is 13.8 Å². The van der Waals surface area contributed by atoms with E-state index in [0.29, 0.717) is 39.5 Å². The summed E-state index contributed by atoms with van der Waals surface area (Å²) in [6.07, 6.45) is 1.89. The number of H-pyrrole nitrogens is 1. The second-order valence-corrected chi connectivity index (χ2v) is 11.8. The fourth-order valence-corrected chi connectivity index (χ4v) is 5.50. The minimum atomic E-state index is -4.02. The molecule has 0 fully saturated rings. The zero-order valence-corrected chi connectivity index (χ0v) is 27.1. The van der Waals surface area contributed by atoms with E-state index in [4.69, 9.17) is 19.0 Å². The average molecular weight is 641 g/mol. The number of aromatic nitrogens is 1. The summed E-state index contributed by atoms with van der Waals surface area (Å²) >= 11 is 0. The molecule has 238 valence electrons. The van der Waals surface area contributed by atoms with Crippen molar-refractivity contribution in [2.75, 3.05) is 13.2 Å². The minimum Gasteiger partial charge on any atom is -0.462 e. The smallest absolute Gasteiger partial charge is 0.340 e. The Kier molecular flexibility index (Phi) is 10.9. The highest BCUT2D eigenvalue weighted by molar-refractivity contribution is 7.85. The molecule has 10 heteroatoms. The summed E-state index contributed by atoms with van der Waals surface area (Å²) in [6.45, 7) is 9.61. The molecular weight excluding hydrogens is 604 g/mol. The number of carbonyl (C=O) groups is 2. The van der Waals surface area contributed by atoms with Crippen molar-refractivity contribution in [1.82, 2.24) is 4.98 Å². The van der Waals surface area contributed by atoms with Crippen molar-refractivity contribution in [2.45, 2.75) is 39.5 Å². The summed E-state index contributed by atoms with van der Waals surface area (Å²) in [5.74, 6) is -0.795. The number of hydrogen-bond donors (Lipinski definition) is 2. The van der Waals surface area contributed by atoms with Crippen molar-refractivity contribution in [3.63, 3.8) is 0 Å². The standard InChI is InChI=1S/C29H28N2O4.C7H8O3S/c1-5-34-28(32)24-18(3)30-22(26(24)20-13-9-7-10-14-20)17-23-27(21-15-11-8-12-16-21)25(19(4)31-23)29(33)35-6-2;1-6-2-4-7(5-3-6)11(8,9)10/h7-17,30H,5-6H2,1-4H3;2-5H,1H3,(H,8,9,10)/b23-17-;. The van der Waals surface area contributed by atoms with Crippen LogP contribution in [0.15, 0.2) is 106 Å². The number of esters is 2. The van der Waals surface area contributed by atoms with Gasteiger partial charge in [0.05, 0.1) is 40.7 Å². The van der Waals surface area contributed by atoms with E-state index < -0.39 is 16.1 Å². The van der Waals surface area contributed by atoms with Gasteiger partial charge in [0, 0.05) is 22.5 Å². The number of rotatable bonds is 8. The van der Waals surface area contributed by atoms with Crippen LogP contribution in [0.4, 0.5) is 0 Å². The third kappa shape index (κ3) is 7.77. The molecule has 1 aliphatic rings. The number of hydrogen-bond acceptors (Lipinski definition) is 7. The molecule has 0 spiro atoms. The molecule has 2 N–H and O–H groups in total. The van der Waals surface area contributed by atoms with Crippen LogP contribution in [0.5, 0.6) is 0 Å². The topological polar surface area (TPSA) is 135 Å². The van der Waals surface area contributed by atoms with E-state index in [0.717, 1.165) is 22.3 Å². The van der Waals surface area contributed by atoms with E-state index in [-0.39, 0.29) is 24.1 Å². The SMILES string of the molecule is CCOC(=O)C1=C(c2ccccc2)/C(=C/c2[nH]c(C)c(C(=O)OCC)c2-c2ccccc2)N=C1C.Cc1ccc(S(=O)(=O)O)cc1. The first-order chi connectivity index (χ1) is 22.0. The molecule has 0 radical (unpaired) electrons. The second-order valence-electron chi connectivity index (χ2n) is 10.4. The second kappa shape index (κ2) is 14.8. The Morgan fingerprint density at radius 1 is 0.804 bits per heavy atom. The molecule has 0 saturated heterocycles. The Bertz CT molecular complexity index is 1920. The average Bonchev–Trinajstić information content (AvgIpc) is 3.53. The molecule has 1 aromatic heterocycles. The van der Waals surface area contributed by atoms with Gasteiger partial charge in [-0.25, -0.2) is 9.59 Å². The number of ether oxygens (including phenoxy) is 2. The first-order valence-electron chi connectivity index (χ1n) is 14.7. The Balaban J connectivity index is 0.000000369. The summed E-state index contributed by atoms with van der Waals surface area (Å²) in [7, 11) is -4.02. The molecule has 0 amide bonds. The quantitative estimate of drug-likeness (QED) is 0.153. The monoisotopic (exact) mass is 640 g/mol. The lowest BCUT2D eigenvalue weighted by Gasteiger charge is -2.10. The molecule has 2 heterocycles. The normalized spacial score (nSPS) is 13.6. The Hall–Kier alpha value is -5.06. The third-order valence-electron chi connectivity index (χ3n) is 7.06. The Morgan fingerprint density at radius 2 is 1.35 bits per heavy atom. The molecule has 46 heavy (non-hydrogen) atoms. The van der Waals surface area contributed by atoms with E-state index in [1.165, 1.54) is 12.1 Å². The van der Waals surface area contributed by atoms with Gasteiger partial charge in [0.1, 0.15) is 0 Å². The summed E-state index contributed by atoms with van der Waals surface area (Å²) in [4.78, 5) is 33.8. The summed E-state index contributed by atoms with van der Waals surface area (Å²) in [6, 6.07) is 25.3. The molecule has 0 unspecified atom stereocenters. The summed E-state index contributed by atoms with van der Waals surface area (Å²) < 4.78 is 40.3. The van der Waals surface area contributed by atoms with Gasteiger partial charge < -0.3 is 14.5 Å². The number of allylic oxidation sites excluding steroid dienone is 1. The maximum absolute atomic E-state index is 12.9. The van der Waals surface area contributed by atoms with Crippen molar-refractivity contribution in [2.24, 2.45) is 4.99 Å². The Morgan fingerprint density at radius 3 is 1.89 bits per heavy atom. The molecule has 5 rings (SSSR count). The first kappa shape index (κ1) is 33.8. The van der Waals surface area contributed by atoms with E-state index in [1.54, 1.807) is 32.9 Å². The van der Waals surface area contributed by atoms with E-state index in [2.05, 4.69) is 4.98 Å². The van der Waals surface area contributed by atoms with Gasteiger partial charge in [-0.15, -0.1) is 0 Å². The largest absolute Gasteiger partial charge is 0.462 e. The number of nitrogens with one attached hydrogen (secondary N) is 1. The van der Waals surface area contributed by atoms with Gasteiger partial charge in [0.15, 0.2) is 0 Å². The van der Waals surface area contributed by atoms with Crippen LogP contribution >= 0.6 is 0 Å². The number of nitrogens with zero attached hydrogens (tertiary/aromatic N) is 1. The molecule has 9 nitrogen and oxygen atoms in total. The number of benzene rings is 3. The van der Waals surface area contributed by atoms with E-state index >= 15 is 0 Å². The van der Waals surface area contributed by atoms with Crippen LogP contribution < -0.4 is 0 Å². The van der Waals surface area contributed by atoms with Crippen molar-refractivity contribution in [3.05, 3.63) is 124 Å². The third-order valence-corrected chi connectivity index (χ3v) is 7.92. The van der Waals surface area contributed by atoms with Crippen molar-refractivity contribution >= 4 is 39.4 Å². The van der Waals surface area contributed by atoms with E-state index in [1.807, 2.05) is 80.6 Å². The van der Waals surface area contributed by atoms with Crippen molar-refractivity contribution in [1.29, 1.82) is 0 Å². The van der Waals surface area contributed by atoms with Crippen LogP contribution in [0.1, 0.15) is 53.6 Å². The minimum absolute atomic E-state index is 0.0666. The zero-order chi connectivity index (χ0) is 33.4. The van der Waals surface area contributed by atoms with Crippen LogP contribution in [-0.2, 0) is 24.4 Å². The van der Waals surface area contributed by atoms with Gasteiger partial charge in [-0.1, -0.05) is 78.4 Å². The molecule has 0 bridgehead atoms. The highest BCUT2D eigenvalue weighted by Crippen LogP contribution is 2.39. The van der Waals surface area contributed by atoms with Crippen LogP contribution in [0.2, 0.25) is 0 Å². The number of aliphatic imine (C=N–C) groups is 1. The van der Waals surface area contributed by atoms with Crippen LogP contribution in [-0.4, -0.2) is 48.8 Å². The zero-order valence-electron chi connectivity index (χ0n) is 26.3. The predicted molar refractivity (Wildman–Crippen MR) is 179 cm³/mol. The summed E-state index contributed by atoms with van der Waals surface area (Å²) in [5, 5.41) is 0.